The molecule has 1 saturated heterocycles. The minimum Gasteiger partial charge on any atom is -0.376 e. The summed E-state index contributed by atoms with van der Waals surface area (Å²) in [4.78, 5) is 16.2. The van der Waals surface area contributed by atoms with Gasteiger partial charge >= 0.3 is 0 Å². The van der Waals surface area contributed by atoms with Crippen LogP contribution in [0.1, 0.15) is 36.5 Å². The molecular weight excluding hydrogens is 242 g/mol. The number of nitrogens with zero attached hydrogens (tertiary/aromatic N) is 1. The molecule has 1 aromatic heterocycles. The highest BCUT2D eigenvalue weighted by molar-refractivity contribution is 5.94. The van der Waals surface area contributed by atoms with Crippen LogP contribution in [0.3, 0.4) is 0 Å². The number of anilines is 1. The van der Waals surface area contributed by atoms with E-state index in [2.05, 4.69) is 22.5 Å². The fourth-order valence-corrected chi connectivity index (χ4v) is 2.04. The van der Waals surface area contributed by atoms with Gasteiger partial charge in [-0.3, -0.25) is 4.79 Å². The van der Waals surface area contributed by atoms with E-state index >= 15 is 0 Å². The van der Waals surface area contributed by atoms with Crippen molar-refractivity contribution in [2.45, 2.75) is 32.3 Å². The molecule has 19 heavy (non-hydrogen) atoms. The lowest BCUT2D eigenvalue weighted by Gasteiger charge is -2.11. The maximum atomic E-state index is 12.0. The van der Waals surface area contributed by atoms with E-state index in [-0.39, 0.29) is 12.0 Å². The highest BCUT2D eigenvalue weighted by Crippen LogP contribution is 2.11. The number of rotatable bonds is 6. The molecule has 0 radical (unpaired) electrons. The van der Waals surface area contributed by atoms with E-state index in [1.807, 2.05) is 0 Å². The molecule has 0 aromatic carbocycles. The summed E-state index contributed by atoms with van der Waals surface area (Å²) in [6.07, 6.45) is 4.96. The summed E-state index contributed by atoms with van der Waals surface area (Å²) in [6.45, 7) is 4.33. The van der Waals surface area contributed by atoms with Gasteiger partial charge < -0.3 is 15.4 Å². The molecule has 1 unspecified atom stereocenters. The van der Waals surface area contributed by atoms with Crippen LogP contribution in [-0.4, -0.2) is 36.7 Å². The topological polar surface area (TPSA) is 63.2 Å². The molecule has 0 spiro atoms. The molecule has 1 atom stereocenters. The molecule has 0 aliphatic carbocycles. The third-order valence-electron chi connectivity index (χ3n) is 3.09. The van der Waals surface area contributed by atoms with Gasteiger partial charge in [0.2, 0.25) is 0 Å². The van der Waals surface area contributed by atoms with Crippen molar-refractivity contribution in [2.24, 2.45) is 0 Å². The summed E-state index contributed by atoms with van der Waals surface area (Å²) < 4.78 is 5.48. The van der Waals surface area contributed by atoms with E-state index in [1.165, 1.54) is 0 Å². The average Bonchev–Trinajstić information content (AvgIpc) is 2.96. The number of carbonyl (C=O) groups excluding carboxylic acids is 1. The number of nitrogens with one attached hydrogen (secondary N) is 2. The van der Waals surface area contributed by atoms with Crippen LogP contribution in [0.15, 0.2) is 18.3 Å². The zero-order valence-corrected chi connectivity index (χ0v) is 11.3. The number of carbonyl (C=O) groups is 1. The number of hydrogen-bond acceptors (Lipinski definition) is 4. The number of amides is 1. The highest BCUT2D eigenvalue weighted by Gasteiger charge is 2.16. The second-order valence-corrected chi connectivity index (χ2v) is 4.70. The van der Waals surface area contributed by atoms with Gasteiger partial charge in [-0.1, -0.05) is 6.92 Å². The van der Waals surface area contributed by atoms with Crippen LogP contribution in [0.25, 0.3) is 0 Å². The van der Waals surface area contributed by atoms with Gasteiger partial charge in [0.05, 0.1) is 6.10 Å². The standard InChI is InChI=1S/C14H21N3O2/c1-2-6-15-13-9-11(5-7-16-13)14(18)17-10-12-4-3-8-19-12/h5,7,9,12H,2-4,6,8,10H2,1H3,(H,15,16)(H,17,18). The van der Waals surface area contributed by atoms with Gasteiger partial charge in [0.1, 0.15) is 5.82 Å². The smallest absolute Gasteiger partial charge is 0.251 e. The van der Waals surface area contributed by atoms with Gasteiger partial charge in [0.15, 0.2) is 0 Å². The Labute approximate surface area is 113 Å². The van der Waals surface area contributed by atoms with Crippen molar-refractivity contribution in [1.82, 2.24) is 10.3 Å². The van der Waals surface area contributed by atoms with Gasteiger partial charge in [-0.2, -0.15) is 0 Å². The minimum atomic E-state index is -0.0718. The lowest BCUT2D eigenvalue weighted by molar-refractivity contribution is 0.0857. The maximum Gasteiger partial charge on any atom is 0.251 e. The number of hydrogen-bond donors (Lipinski definition) is 2. The van der Waals surface area contributed by atoms with Crippen molar-refractivity contribution in [1.29, 1.82) is 0 Å². The molecule has 0 bridgehead atoms. The van der Waals surface area contributed by atoms with Crippen molar-refractivity contribution >= 4 is 11.7 Å². The zero-order valence-electron chi connectivity index (χ0n) is 11.3. The number of pyridine rings is 1. The first-order chi connectivity index (χ1) is 9.29. The maximum absolute atomic E-state index is 12.0. The quantitative estimate of drug-likeness (QED) is 0.821. The van der Waals surface area contributed by atoms with Crippen LogP contribution in [0.5, 0.6) is 0 Å². The Morgan fingerprint density at radius 1 is 1.58 bits per heavy atom. The molecule has 5 nitrogen and oxygen atoms in total. The van der Waals surface area contributed by atoms with Gasteiger partial charge in [0, 0.05) is 31.5 Å². The summed E-state index contributed by atoms with van der Waals surface area (Å²) in [6, 6.07) is 3.50. The number of aromatic nitrogens is 1. The predicted octanol–water partition coefficient (Wildman–Crippen LogP) is 1.81. The van der Waals surface area contributed by atoms with Crippen molar-refractivity contribution in [3.63, 3.8) is 0 Å². The Hall–Kier alpha value is -1.62. The molecule has 2 heterocycles. The van der Waals surface area contributed by atoms with Crippen LogP contribution >= 0.6 is 0 Å². The molecule has 2 N–H and O–H groups in total. The van der Waals surface area contributed by atoms with Crippen molar-refractivity contribution in [2.75, 3.05) is 25.0 Å². The van der Waals surface area contributed by atoms with E-state index in [4.69, 9.17) is 4.74 Å². The lowest BCUT2D eigenvalue weighted by Crippen LogP contribution is -2.31. The third kappa shape index (κ3) is 4.21. The molecule has 1 aromatic rings. The predicted molar refractivity (Wildman–Crippen MR) is 74.3 cm³/mol. The van der Waals surface area contributed by atoms with Gasteiger partial charge in [-0.15, -0.1) is 0 Å². The molecule has 5 heteroatoms. The van der Waals surface area contributed by atoms with E-state index < -0.39 is 0 Å². The normalized spacial score (nSPS) is 18.3. The lowest BCUT2D eigenvalue weighted by atomic mass is 10.2. The SMILES string of the molecule is CCCNc1cc(C(=O)NCC2CCCO2)ccn1. The first kappa shape index (κ1) is 13.8. The molecule has 104 valence electrons. The molecular formula is C14H21N3O2. The third-order valence-corrected chi connectivity index (χ3v) is 3.09. The molecule has 1 fully saturated rings. The molecule has 2 rings (SSSR count). The van der Waals surface area contributed by atoms with Crippen molar-refractivity contribution < 1.29 is 9.53 Å². The largest absolute Gasteiger partial charge is 0.376 e. The summed E-state index contributed by atoms with van der Waals surface area (Å²) in [5.74, 6) is 0.670. The summed E-state index contributed by atoms with van der Waals surface area (Å²) in [7, 11) is 0. The Kier molecular flexibility index (Phi) is 5.15. The van der Waals surface area contributed by atoms with Crippen LogP contribution < -0.4 is 10.6 Å². The van der Waals surface area contributed by atoms with Crippen LogP contribution in [0.4, 0.5) is 5.82 Å². The minimum absolute atomic E-state index is 0.0718. The van der Waals surface area contributed by atoms with Gasteiger partial charge in [-0.05, 0) is 31.4 Å². The van der Waals surface area contributed by atoms with E-state index in [0.29, 0.717) is 12.1 Å². The number of ether oxygens (including phenoxy) is 1. The van der Waals surface area contributed by atoms with Gasteiger partial charge in [0.25, 0.3) is 5.91 Å². The monoisotopic (exact) mass is 263 g/mol. The highest BCUT2D eigenvalue weighted by atomic mass is 16.5. The molecule has 1 amide bonds. The Morgan fingerprint density at radius 3 is 3.21 bits per heavy atom. The van der Waals surface area contributed by atoms with Crippen LogP contribution in [-0.2, 0) is 4.74 Å². The first-order valence-corrected chi connectivity index (χ1v) is 6.89. The molecule has 0 saturated carbocycles. The van der Waals surface area contributed by atoms with Gasteiger partial charge in [-0.25, -0.2) is 4.98 Å². The second-order valence-electron chi connectivity index (χ2n) is 4.70. The molecule has 1 aliphatic rings. The Morgan fingerprint density at radius 2 is 2.47 bits per heavy atom. The zero-order chi connectivity index (χ0) is 13.5. The van der Waals surface area contributed by atoms with Crippen LogP contribution in [0, 0.1) is 0 Å². The first-order valence-electron chi connectivity index (χ1n) is 6.89. The van der Waals surface area contributed by atoms with E-state index in [9.17, 15) is 4.79 Å². The van der Waals surface area contributed by atoms with Crippen molar-refractivity contribution in [3.8, 4) is 0 Å². The van der Waals surface area contributed by atoms with E-state index in [0.717, 1.165) is 38.2 Å². The van der Waals surface area contributed by atoms with Crippen LogP contribution in [0.2, 0.25) is 0 Å². The Bertz CT molecular complexity index is 417. The van der Waals surface area contributed by atoms with E-state index in [1.54, 1.807) is 18.3 Å². The second kappa shape index (κ2) is 7.09. The summed E-state index contributed by atoms with van der Waals surface area (Å²) in [5, 5.41) is 6.08. The summed E-state index contributed by atoms with van der Waals surface area (Å²) in [5.41, 5.74) is 0.631. The summed E-state index contributed by atoms with van der Waals surface area (Å²) >= 11 is 0. The fourth-order valence-electron chi connectivity index (χ4n) is 2.04. The average molecular weight is 263 g/mol. The molecule has 1 aliphatic heterocycles. The Balaban J connectivity index is 1.86. The van der Waals surface area contributed by atoms with Crippen molar-refractivity contribution in [3.05, 3.63) is 23.9 Å². The fraction of sp³-hybridized carbons (Fsp3) is 0.571.